The van der Waals surface area contributed by atoms with Gasteiger partial charge in [-0.25, -0.2) is 0 Å². The Morgan fingerprint density at radius 3 is 2.75 bits per heavy atom. The summed E-state index contributed by atoms with van der Waals surface area (Å²) < 4.78 is 0. The number of hydrogen-bond donors (Lipinski definition) is 2. The highest BCUT2D eigenvalue weighted by Gasteiger charge is 2.33. The minimum atomic E-state index is -0.530. The van der Waals surface area contributed by atoms with Crippen molar-refractivity contribution in [2.24, 2.45) is 11.7 Å². The van der Waals surface area contributed by atoms with E-state index in [0.29, 0.717) is 25.6 Å². The van der Waals surface area contributed by atoms with Crippen LogP contribution >= 0.6 is 0 Å². The summed E-state index contributed by atoms with van der Waals surface area (Å²) in [7, 11) is 0. The molecule has 5 nitrogen and oxygen atoms in total. The van der Waals surface area contributed by atoms with Crippen LogP contribution in [0.1, 0.15) is 26.7 Å². The van der Waals surface area contributed by atoms with Gasteiger partial charge in [0.2, 0.25) is 0 Å². The molecule has 0 spiro atoms. The van der Waals surface area contributed by atoms with Crippen molar-refractivity contribution >= 4 is 11.8 Å². The maximum Gasteiger partial charge on any atom is 0.312 e. The van der Waals surface area contributed by atoms with Gasteiger partial charge in [-0.3, -0.25) is 9.59 Å². The second-order valence-corrected chi connectivity index (χ2v) is 4.50. The van der Waals surface area contributed by atoms with Gasteiger partial charge < -0.3 is 16.0 Å². The van der Waals surface area contributed by atoms with Crippen LogP contribution in [0, 0.1) is 5.92 Å². The van der Waals surface area contributed by atoms with Gasteiger partial charge in [-0.1, -0.05) is 13.8 Å². The van der Waals surface area contributed by atoms with Crippen molar-refractivity contribution < 1.29 is 9.59 Å². The highest BCUT2D eigenvalue weighted by atomic mass is 16.2. The number of rotatable bonds is 3. The van der Waals surface area contributed by atoms with Crippen LogP contribution in [-0.2, 0) is 9.59 Å². The molecule has 92 valence electrons. The lowest BCUT2D eigenvalue weighted by Crippen LogP contribution is -2.47. The van der Waals surface area contributed by atoms with E-state index >= 15 is 0 Å². The SMILES string of the molecule is CC(C)C1CCCN1C(=O)C(=O)NCCN. The molecule has 1 rings (SSSR count). The molecule has 1 unspecified atom stereocenters. The summed E-state index contributed by atoms with van der Waals surface area (Å²) in [6, 6.07) is 0.205. The number of nitrogens with one attached hydrogen (secondary N) is 1. The maximum absolute atomic E-state index is 11.8. The van der Waals surface area contributed by atoms with Gasteiger partial charge in [0.25, 0.3) is 0 Å². The molecule has 0 aromatic carbocycles. The first-order valence-corrected chi connectivity index (χ1v) is 5.86. The summed E-state index contributed by atoms with van der Waals surface area (Å²) in [5.41, 5.74) is 5.27. The Morgan fingerprint density at radius 2 is 2.19 bits per heavy atom. The van der Waals surface area contributed by atoms with Crippen LogP contribution in [0.4, 0.5) is 0 Å². The van der Waals surface area contributed by atoms with E-state index in [-0.39, 0.29) is 6.04 Å². The van der Waals surface area contributed by atoms with Crippen molar-refractivity contribution in [1.82, 2.24) is 10.2 Å². The highest BCUT2D eigenvalue weighted by Crippen LogP contribution is 2.23. The second-order valence-electron chi connectivity index (χ2n) is 4.50. The zero-order valence-electron chi connectivity index (χ0n) is 10.0. The first-order chi connectivity index (χ1) is 7.57. The Hall–Kier alpha value is -1.10. The number of likely N-dealkylation sites (tertiary alicyclic amines) is 1. The standard InChI is InChI=1S/C11H21N3O2/c1-8(2)9-4-3-7-14(9)11(16)10(15)13-6-5-12/h8-9H,3-7,12H2,1-2H3,(H,13,15). The van der Waals surface area contributed by atoms with E-state index in [2.05, 4.69) is 19.2 Å². The van der Waals surface area contributed by atoms with Crippen molar-refractivity contribution in [1.29, 1.82) is 0 Å². The number of nitrogens with zero attached hydrogens (tertiary/aromatic N) is 1. The molecular formula is C11H21N3O2. The lowest BCUT2D eigenvalue weighted by atomic mass is 10.0. The molecule has 0 aromatic rings. The van der Waals surface area contributed by atoms with E-state index in [4.69, 9.17) is 5.73 Å². The third-order valence-electron chi connectivity index (χ3n) is 2.95. The van der Waals surface area contributed by atoms with Crippen LogP contribution in [0.2, 0.25) is 0 Å². The van der Waals surface area contributed by atoms with Crippen LogP contribution in [0.3, 0.4) is 0 Å². The summed E-state index contributed by atoms with van der Waals surface area (Å²) in [5.74, 6) is -0.545. The molecule has 2 amide bonds. The maximum atomic E-state index is 11.8. The van der Waals surface area contributed by atoms with Crippen LogP contribution in [0.25, 0.3) is 0 Å². The largest absolute Gasteiger partial charge is 0.347 e. The molecule has 1 aliphatic heterocycles. The second kappa shape index (κ2) is 5.84. The van der Waals surface area contributed by atoms with Crippen molar-refractivity contribution in [3.05, 3.63) is 0 Å². The number of hydrogen-bond acceptors (Lipinski definition) is 3. The number of nitrogens with two attached hydrogens (primary N) is 1. The average molecular weight is 227 g/mol. The highest BCUT2D eigenvalue weighted by molar-refractivity contribution is 6.35. The van der Waals surface area contributed by atoms with Gasteiger partial charge in [0, 0.05) is 25.7 Å². The van der Waals surface area contributed by atoms with E-state index in [1.165, 1.54) is 0 Å². The molecule has 0 bridgehead atoms. The van der Waals surface area contributed by atoms with Crippen molar-refractivity contribution in [2.75, 3.05) is 19.6 Å². The average Bonchev–Trinajstić information content (AvgIpc) is 2.73. The summed E-state index contributed by atoms with van der Waals surface area (Å²) >= 11 is 0. The third kappa shape index (κ3) is 2.95. The molecule has 0 radical (unpaired) electrons. The Labute approximate surface area is 96.4 Å². The fraction of sp³-hybridized carbons (Fsp3) is 0.818. The van der Waals surface area contributed by atoms with E-state index in [0.717, 1.165) is 12.8 Å². The molecule has 16 heavy (non-hydrogen) atoms. The first kappa shape index (κ1) is 13.0. The molecule has 0 aromatic heterocycles. The zero-order chi connectivity index (χ0) is 12.1. The molecule has 1 aliphatic rings. The van der Waals surface area contributed by atoms with Gasteiger partial charge in [-0.2, -0.15) is 0 Å². The van der Waals surface area contributed by atoms with E-state index < -0.39 is 11.8 Å². The predicted molar refractivity (Wildman–Crippen MR) is 61.6 cm³/mol. The Kier molecular flexibility index (Phi) is 4.73. The topological polar surface area (TPSA) is 75.4 Å². The van der Waals surface area contributed by atoms with Gasteiger partial charge in [-0.15, -0.1) is 0 Å². The van der Waals surface area contributed by atoms with Crippen molar-refractivity contribution in [3.8, 4) is 0 Å². The Bertz CT molecular complexity index is 266. The molecule has 0 aliphatic carbocycles. The first-order valence-electron chi connectivity index (χ1n) is 5.86. The smallest absolute Gasteiger partial charge is 0.312 e. The fourth-order valence-electron chi connectivity index (χ4n) is 2.13. The zero-order valence-corrected chi connectivity index (χ0v) is 10.0. The molecule has 1 fully saturated rings. The Morgan fingerprint density at radius 1 is 1.50 bits per heavy atom. The van der Waals surface area contributed by atoms with E-state index in [1.54, 1.807) is 4.90 Å². The molecular weight excluding hydrogens is 206 g/mol. The lowest BCUT2D eigenvalue weighted by molar-refractivity contribution is -0.146. The van der Waals surface area contributed by atoms with Crippen molar-refractivity contribution in [3.63, 3.8) is 0 Å². The predicted octanol–water partition coefficient (Wildman–Crippen LogP) is -0.292. The number of carbonyl (C=O) groups excluding carboxylic acids is 2. The summed E-state index contributed by atoms with van der Waals surface area (Å²) in [6.07, 6.45) is 1.98. The molecule has 3 N–H and O–H groups in total. The molecule has 5 heteroatoms. The summed E-state index contributed by atoms with van der Waals surface area (Å²) in [5, 5.41) is 2.51. The van der Waals surface area contributed by atoms with Gasteiger partial charge in [0.15, 0.2) is 0 Å². The minimum absolute atomic E-state index is 0.205. The normalized spacial score (nSPS) is 20.2. The van der Waals surface area contributed by atoms with Crippen LogP contribution in [0.15, 0.2) is 0 Å². The lowest BCUT2D eigenvalue weighted by Gasteiger charge is -2.26. The summed E-state index contributed by atoms with van der Waals surface area (Å²) in [4.78, 5) is 25.0. The van der Waals surface area contributed by atoms with E-state index in [1.807, 2.05) is 0 Å². The monoisotopic (exact) mass is 227 g/mol. The molecule has 0 saturated carbocycles. The van der Waals surface area contributed by atoms with Crippen LogP contribution < -0.4 is 11.1 Å². The Balaban J connectivity index is 2.55. The third-order valence-corrected chi connectivity index (χ3v) is 2.95. The van der Waals surface area contributed by atoms with Crippen LogP contribution in [0.5, 0.6) is 0 Å². The van der Waals surface area contributed by atoms with Gasteiger partial charge >= 0.3 is 11.8 Å². The number of amides is 2. The van der Waals surface area contributed by atoms with Gasteiger partial charge in [0.05, 0.1) is 0 Å². The minimum Gasteiger partial charge on any atom is -0.347 e. The van der Waals surface area contributed by atoms with Gasteiger partial charge in [0.1, 0.15) is 0 Å². The molecule has 1 heterocycles. The molecule has 1 saturated heterocycles. The van der Waals surface area contributed by atoms with E-state index in [9.17, 15) is 9.59 Å². The number of carbonyl (C=O) groups is 2. The quantitative estimate of drug-likeness (QED) is 0.650. The van der Waals surface area contributed by atoms with Crippen molar-refractivity contribution in [2.45, 2.75) is 32.7 Å². The molecule has 1 atom stereocenters. The summed E-state index contributed by atoms with van der Waals surface area (Å²) in [6.45, 7) is 5.55. The fourth-order valence-corrected chi connectivity index (χ4v) is 2.13. The van der Waals surface area contributed by atoms with Gasteiger partial charge in [-0.05, 0) is 18.8 Å². The van der Waals surface area contributed by atoms with Crippen LogP contribution in [-0.4, -0.2) is 42.4 Å².